The van der Waals surface area contributed by atoms with Crippen molar-refractivity contribution in [1.82, 2.24) is 0 Å². The van der Waals surface area contributed by atoms with Crippen LogP contribution >= 0.6 is 34.8 Å². The maximum Gasteiger partial charge on any atom is 0.263 e. The standard InChI is InChI=1S/C14H10Cl3NO3S/c1-8(19)9-3-2-4-10(5-9)18-22(20,21)14-7-12(16)11(15)6-13(14)17/h2-7,18H,1H3. The summed E-state index contributed by atoms with van der Waals surface area (Å²) < 4.78 is 27.1. The Morgan fingerprint density at radius 3 is 2.27 bits per heavy atom. The van der Waals surface area contributed by atoms with Gasteiger partial charge in [0.2, 0.25) is 0 Å². The van der Waals surface area contributed by atoms with Gasteiger partial charge >= 0.3 is 0 Å². The molecule has 1 N–H and O–H groups in total. The zero-order valence-electron chi connectivity index (χ0n) is 11.2. The topological polar surface area (TPSA) is 63.2 Å². The molecule has 4 nitrogen and oxygen atoms in total. The Morgan fingerprint density at radius 1 is 1.00 bits per heavy atom. The lowest BCUT2D eigenvalue weighted by Gasteiger charge is -2.11. The van der Waals surface area contributed by atoms with E-state index in [4.69, 9.17) is 34.8 Å². The number of rotatable bonds is 4. The number of nitrogens with one attached hydrogen (secondary N) is 1. The van der Waals surface area contributed by atoms with Crippen LogP contribution in [0.2, 0.25) is 15.1 Å². The summed E-state index contributed by atoms with van der Waals surface area (Å²) in [7, 11) is -3.96. The van der Waals surface area contributed by atoms with Crippen molar-refractivity contribution in [3.63, 3.8) is 0 Å². The van der Waals surface area contributed by atoms with Gasteiger partial charge in [0.15, 0.2) is 5.78 Å². The number of Topliss-reactive ketones (excluding diaryl/α,β-unsaturated/α-hetero) is 1. The molecule has 8 heteroatoms. The second-order valence-electron chi connectivity index (χ2n) is 4.44. The fraction of sp³-hybridized carbons (Fsp3) is 0.0714. The summed E-state index contributed by atoms with van der Waals surface area (Å²) in [4.78, 5) is 11.1. The Balaban J connectivity index is 2.42. The van der Waals surface area contributed by atoms with Crippen molar-refractivity contribution in [3.8, 4) is 0 Å². The van der Waals surface area contributed by atoms with Crippen molar-refractivity contribution >= 4 is 56.3 Å². The lowest BCUT2D eigenvalue weighted by molar-refractivity contribution is 0.101. The van der Waals surface area contributed by atoms with Gasteiger partial charge < -0.3 is 0 Å². The molecule has 0 atom stereocenters. The zero-order chi connectivity index (χ0) is 16.5. The molecule has 0 saturated carbocycles. The van der Waals surface area contributed by atoms with Gasteiger partial charge in [-0.1, -0.05) is 46.9 Å². The summed E-state index contributed by atoms with van der Waals surface area (Å²) in [6.07, 6.45) is 0. The summed E-state index contributed by atoms with van der Waals surface area (Å²) in [6, 6.07) is 8.55. The average molecular weight is 379 g/mol. The Kier molecular flexibility index (Phi) is 5.02. The number of carbonyl (C=O) groups is 1. The molecule has 2 aromatic carbocycles. The molecule has 0 unspecified atom stereocenters. The molecule has 0 amide bonds. The highest BCUT2D eigenvalue weighted by molar-refractivity contribution is 7.92. The predicted molar refractivity (Wildman–Crippen MR) is 88.7 cm³/mol. The Labute approximate surface area is 143 Å². The minimum absolute atomic E-state index is 0.0513. The van der Waals surface area contributed by atoms with Gasteiger partial charge in [-0.15, -0.1) is 0 Å². The summed E-state index contributed by atoms with van der Waals surface area (Å²) in [5.74, 6) is -0.173. The Bertz CT molecular complexity index is 850. The van der Waals surface area contributed by atoms with E-state index in [0.29, 0.717) is 5.56 Å². The molecule has 22 heavy (non-hydrogen) atoms. The largest absolute Gasteiger partial charge is 0.295 e. The zero-order valence-corrected chi connectivity index (χ0v) is 14.3. The van der Waals surface area contributed by atoms with Crippen molar-refractivity contribution in [2.24, 2.45) is 0 Å². The van der Waals surface area contributed by atoms with Gasteiger partial charge in [0, 0.05) is 11.3 Å². The number of hydrogen-bond donors (Lipinski definition) is 1. The SMILES string of the molecule is CC(=O)c1cccc(NS(=O)(=O)c2cc(Cl)c(Cl)cc2Cl)c1. The first-order chi connectivity index (χ1) is 10.2. The van der Waals surface area contributed by atoms with Crippen LogP contribution in [0.3, 0.4) is 0 Å². The minimum Gasteiger partial charge on any atom is -0.295 e. The lowest BCUT2D eigenvalue weighted by Crippen LogP contribution is -2.14. The van der Waals surface area contributed by atoms with Crippen molar-refractivity contribution in [3.05, 3.63) is 57.0 Å². The number of carbonyl (C=O) groups excluding carboxylic acids is 1. The smallest absolute Gasteiger partial charge is 0.263 e. The maximum absolute atomic E-state index is 12.4. The fourth-order valence-corrected chi connectivity index (χ4v) is 3.77. The highest BCUT2D eigenvalue weighted by Gasteiger charge is 2.20. The molecule has 0 heterocycles. The molecule has 0 spiro atoms. The summed E-state index contributed by atoms with van der Waals surface area (Å²) in [5.41, 5.74) is 0.635. The van der Waals surface area contributed by atoms with Crippen molar-refractivity contribution in [2.75, 3.05) is 4.72 Å². The third-order valence-electron chi connectivity index (χ3n) is 2.79. The average Bonchev–Trinajstić information content (AvgIpc) is 2.42. The molecule has 116 valence electrons. The third kappa shape index (κ3) is 3.73. The van der Waals surface area contributed by atoms with E-state index in [9.17, 15) is 13.2 Å². The monoisotopic (exact) mass is 377 g/mol. The molecule has 0 aliphatic carbocycles. The number of benzene rings is 2. The van der Waals surface area contributed by atoms with E-state index in [2.05, 4.69) is 4.72 Å². The first kappa shape index (κ1) is 17.1. The third-order valence-corrected chi connectivity index (χ3v) is 5.35. The van der Waals surface area contributed by atoms with E-state index in [1.165, 1.54) is 31.2 Å². The molecule has 0 saturated heterocycles. The second kappa shape index (κ2) is 6.46. The second-order valence-corrected chi connectivity index (χ2v) is 7.31. The van der Waals surface area contributed by atoms with Crippen LogP contribution in [0.4, 0.5) is 5.69 Å². The predicted octanol–water partition coefficient (Wildman–Crippen LogP) is 4.65. The van der Waals surface area contributed by atoms with Gasteiger partial charge in [0.1, 0.15) is 4.90 Å². The van der Waals surface area contributed by atoms with Crippen LogP contribution in [0, 0.1) is 0 Å². The van der Waals surface area contributed by atoms with E-state index < -0.39 is 10.0 Å². The number of ketones is 1. The first-order valence-corrected chi connectivity index (χ1v) is 8.61. The van der Waals surface area contributed by atoms with Crippen molar-refractivity contribution in [1.29, 1.82) is 0 Å². The van der Waals surface area contributed by atoms with Crippen LogP contribution in [0.1, 0.15) is 17.3 Å². The molecule has 0 aliphatic rings. The molecular formula is C14H10Cl3NO3S. The molecule has 0 aliphatic heterocycles. The van der Waals surface area contributed by atoms with Crippen molar-refractivity contribution < 1.29 is 13.2 Å². The molecule has 0 fully saturated rings. The van der Waals surface area contributed by atoms with Crippen LogP contribution in [-0.2, 0) is 10.0 Å². The van der Waals surface area contributed by atoms with Crippen LogP contribution in [0.25, 0.3) is 0 Å². The van der Waals surface area contributed by atoms with Gasteiger partial charge in [-0.05, 0) is 31.2 Å². The molecule has 0 aromatic heterocycles. The summed E-state index contributed by atoms with van der Waals surface area (Å²) in [5, 5.41) is 0.178. The maximum atomic E-state index is 12.4. The fourth-order valence-electron chi connectivity index (χ4n) is 1.72. The van der Waals surface area contributed by atoms with Gasteiger partial charge in [0.05, 0.1) is 15.1 Å². The number of hydrogen-bond acceptors (Lipinski definition) is 3. The number of anilines is 1. The summed E-state index contributed by atoms with van der Waals surface area (Å²) in [6.45, 7) is 1.39. The van der Waals surface area contributed by atoms with E-state index in [1.54, 1.807) is 12.1 Å². The highest BCUT2D eigenvalue weighted by Crippen LogP contribution is 2.32. The highest BCUT2D eigenvalue weighted by atomic mass is 35.5. The van der Waals surface area contributed by atoms with Gasteiger partial charge in [-0.2, -0.15) is 0 Å². The van der Waals surface area contributed by atoms with E-state index in [-0.39, 0.29) is 31.4 Å². The molecule has 0 bridgehead atoms. The molecule has 0 radical (unpaired) electrons. The number of sulfonamides is 1. The van der Waals surface area contributed by atoms with Crippen LogP contribution in [0.5, 0.6) is 0 Å². The van der Waals surface area contributed by atoms with Crippen LogP contribution in [0.15, 0.2) is 41.3 Å². The summed E-state index contributed by atoms with van der Waals surface area (Å²) >= 11 is 17.5. The van der Waals surface area contributed by atoms with E-state index >= 15 is 0 Å². The normalized spacial score (nSPS) is 11.3. The molecule has 2 rings (SSSR count). The van der Waals surface area contributed by atoms with Crippen molar-refractivity contribution in [2.45, 2.75) is 11.8 Å². The van der Waals surface area contributed by atoms with E-state index in [1.807, 2.05) is 0 Å². The van der Waals surface area contributed by atoms with Gasteiger partial charge in [-0.25, -0.2) is 8.42 Å². The Hall–Kier alpha value is -1.27. The number of halogens is 3. The first-order valence-electron chi connectivity index (χ1n) is 5.99. The van der Waals surface area contributed by atoms with E-state index in [0.717, 1.165) is 0 Å². The minimum atomic E-state index is -3.96. The van der Waals surface area contributed by atoms with Gasteiger partial charge in [0.25, 0.3) is 10.0 Å². The Morgan fingerprint density at radius 2 is 1.64 bits per heavy atom. The lowest BCUT2D eigenvalue weighted by atomic mass is 10.1. The van der Waals surface area contributed by atoms with Crippen LogP contribution < -0.4 is 4.72 Å². The van der Waals surface area contributed by atoms with Crippen LogP contribution in [-0.4, -0.2) is 14.2 Å². The quantitative estimate of drug-likeness (QED) is 0.622. The molecule has 2 aromatic rings. The molecular weight excluding hydrogens is 369 g/mol. The van der Waals surface area contributed by atoms with Gasteiger partial charge in [-0.3, -0.25) is 9.52 Å².